The van der Waals surface area contributed by atoms with Crippen molar-refractivity contribution in [1.29, 1.82) is 0 Å². The van der Waals surface area contributed by atoms with Gasteiger partial charge in [0.05, 0.1) is 5.01 Å². The molecule has 0 bridgehead atoms. The van der Waals surface area contributed by atoms with E-state index in [0.717, 1.165) is 10.7 Å². The molecule has 1 amide bonds. The molecule has 0 fully saturated rings. The first-order valence-electron chi connectivity index (χ1n) is 7.12. The average molecular weight is 372 g/mol. The lowest BCUT2D eigenvalue weighted by atomic mass is 10.3. The Bertz CT molecular complexity index is 636. The minimum absolute atomic E-state index is 0. The van der Waals surface area contributed by atoms with Crippen molar-refractivity contribution in [2.75, 3.05) is 11.9 Å². The first kappa shape index (κ1) is 20.0. The number of rotatable bonds is 5. The largest absolute Gasteiger partial charge is 0.330 e. The molecule has 0 unspecified atom stereocenters. The molecule has 1 aromatic heterocycles. The van der Waals surface area contributed by atoms with Gasteiger partial charge >= 0.3 is 0 Å². The number of nitrogens with one attached hydrogen (secondary N) is 1. The number of nitrogens with zero attached hydrogens (tertiary/aromatic N) is 1. The molecule has 0 saturated heterocycles. The van der Waals surface area contributed by atoms with Crippen LogP contribution in [0.15, 0.2) is 34.5 Å². The van der Waals surface area contributed by atoms with Crippen LogP contribution in [0.1, 0.15) is 36.3 Å². The number of carbonyl (C=O) groups excluding carboxylic acids is 1. The van der Waals surface area contributed by atoms with Gasteiger partial charge in [0.15, 0.2) is 0 Å². The summed E-state index contributed by atoms with van der Waals surface area (Å²) in [5.74, 6) is -0.184. The van der Waals surface area contributed by atoms with Crippen LogP contribution in [-0.2, 0) is 6.42 Å². The highest BCUT2D eigenvalue weighted by Crippen LogP contribution is 2.32. The number of aromatic nitrogens is 1. The predicted octanol–water partition coefficient (Wildman–Crippen LogP) is 4.21. The molecule has 3 N–H and O–H groups in total. The Hall–Kier alpha value is -1.08. The molecule has 0 aliphatic carbocycles. The first-order valence-corrected chi connectivity index (χ1v) is 8.82. The van der Waals surface area contributed by atoms with Crippen molar-refractivity contribution in [1.82, 2.24) is 4.98 Å². The first-order chi connectivity index (χ1) is 10.4. The van der Waals surface area contributed by atoms with E-state index in [1.165, 1.54) is 16.2 Å². The van der Waals surface area contributed by atoms with Crippen LogP contribution >= 0.6 is 35.5 Å². The molecule has 2 rings (SSSR count). The van der Waals surface area contributed by atoms with Gasteiger partial charge in [0.2, 0.25) is 0 Å². The number of anilines is 1. The second-order valence-corrected chi connectivity index (χ2v) is 8.70. The average Bonchev–Trinajstić information content (AvgIpc) is 2.88. The van der Waals surface area contributed by atoms with Crippen LogP contribution in [0.3, 0.4) is 0 Å². The van der Waals surface area contributed by atoms with Crippen molar-refractivity contribution in [2.45, 2.75) is 36.8 Å². The van der Waals surface area contributed by atoms with E-state index in [0.29, 0.717) is 18.7 Å². The molecule has 0 atom stereocenters. The minimum Gasteiger partial charge on any atom is -0.330 e. The van der Waals surface area contributed by atoms with Crippen LogP contribution in [0.25, 0.3) is 0 Å². The Kier molecular flexibility index (Phi) is 7.54. The molecule has 0 radical (unpaired) electrons. The van der Waals surface area contributed by atoms with Gasteiger partial charge in [-0.25, -0.2) is 4.98 Å². The van der Waals surface area contributed by atoms with Gasteiger partial charge in [-0.2, -0.15) is 0 Å². The SMILES string of the molecule is CC(C)(C)Sc1ccc(NC(=O)c2csc(CCN)n2)cc1.Cl. The Balaban J connectivity index is 0.00000264. The molecular formula is C16H22ClN3OS2. The third kappa shape index (κ3) is 6.51. The van der Waals surface area contributed by atoms with Gasteiger partial charge in [-0.3, -0.25) is 4.79 Å². The lowest BCUT2D eigenvalue weighted by molar-refractivity contribution is 0.102. The summed E-state index contributed by atoms with van der Waals surface area (Å²) >= 11 is 3.26. The summed E-state index contributed by atoms with van der Waals surface area (Å²) in [4.78, 5) is 17.6. The van der Waals surface area contributed by atoms with E-state index in [9.17, 15) is 4.79 Å². The highest BCUT2D eigenvalue weighted by atomic mass is 35.5. The fourth-order valence-electron chi connectivity index (χ4n) is 1.81. The maximum atomic E-state index is 12.1. The zero-order valence-corrected chi connectivity index (χ0v) is 15.9. The molecule has 0 spiro atoms. The highest BCUT2D eigenvalue weighted by molar-refractivity contribution is 8.00. The summed E-state index contributed by atoms with van der Waals surface area (Å²) in [6.45, 7) is 7.07. The minimum atomic E-state index is -0.184. The quantitative estimate of drug-likeness (QED) is 0.772. The number of amides is 1. The second-order valence-electron chi connectivity index (χ2n) is 5.86. The van der Waals surface area contributed by atoms with Crippen molar-refractivity contribution < 1.29 is 4.79 Å². The molecular weight excluding hydrogens is 350 g/mol. The number of carbonyl (C=O) groups is 1. The van der Waals surface area contributed by atoms with Gasteiger partial charge < -0.3 is 11.1 Å². The number of benzene rings is 1. The van der Waals surface area contributed by atoms with Crippen molar-refractivity contribution in [3.8, 4) is 0 Å². The number of hydrogen-bond acceptors (Lipinski definition) is 5. The normalized spacial score (nSPS) is 11.0. The van der Waals surface area contributed by atoms with Crippen LogP contribution in [0.4, 0.5) is 5.69 Å². The summed E-state index contributed by atoms with van der Waals surface area (Å²) in [7, 11) is 0. The number of hydrogen-bond donors (Lipinski definition) is 2. The maximum Gasteiger partial charge on any atom is 0.275 e. The number of thioether (sulfide) groups is 1. The fraction of sp³-hybridized carbons (Fsp3) is 0.375. The molecule has 2 aromatic rings. The Morgan fingerprint density at radius 1 is 1.30 bits per heavy atom. The van der Waals surface area contributed by atoms with Gasteiger partial charge in [0.1, 0.15) is 5.69 Å². The van der Waals surface area contributed by atoms with E-state index >= 15 is 0 Å². The van der Waals surface area contributed by atoms with E-state index in [2.05, 4.69) is 31.1 Å². The third-order valence-electron chi connectivity index (χ3n) is 2.68. The number of halogens is 1. The summed E-state index contributed by atoms with van der Waals surface area (Å²) in [6, 6.07) is 7.87. The van der Waals surface area contributed by atoms with E-state index in [4.69, 9.17) is 5.73 Å². The number of nitrogens with two attached hydrogens (primary N) is 1. The van der Waals surface area contributed by atoms with Crippen molar-refractivity contribution in [2.24, 2.45) is 5.73 Å². The highest BCUT2D eigenvalue weighted by Gasteiger charge is 2.13. The molecule has 4 nitrogen and oxygen atoms in total. The lowest BCUT2D eigenvalue weighted by Crippen LogP contribution is -2.12. The Morgan fingerprint density at radius 3 is 2.52 bits per heavy atom. The summed E-state index contributed by atoms with van der Waals surface area (Å²) < 4.78 is 0.171. The molecule has 1 aromatic carbocycles. The van der Waals surface area contributed by atoms with Gasteiger partial charge in [0, 0.05) is 27.1 Å². The topological polar surface area (TPSA) is 68.0 Å². The summed E-state index contributed by atoms with van der Waals surface area (Å²) in [6.07, 6.45) is 0.705. The molecule has 7 heteroatoms. The predicted molar refractivity (Wildman–Crippen MR) is 102 cm³/mol. The van der Waals surface area contributed by atoms with Gasteiger partial charge in [-0.15, -0.1) is 35.5 Å². The number of thiazole rings is 1. The Labute approximate surface area is 151 Å². The van der Waals surface area contributed by atoms with E-state index in [1.807, 2.05) is 24.3 Å². The van der Waals surface area contributed by atoms with Crippen LogP contribution < -0.4 is 11.1 Å². The van der Waals surface area contributed by atoms with E-state index in [-0.39, 0.29) is 23.1 Å². The van der Waals surface area contributed by atoms with E-state index < -0.39 is 0 Å². The van der Waals surface area contributed by atoms with Crippen LogP contribution in [-0.4, -0.2) is 22.2 Å². The van der Waals surface area contributed by atoms with Crippen LogP contribution in [0.2, 0.25) is 0 Å². The third-order valence-corrected chi connectivity index (χ3v) is 4.71. The molecule has 1 heterocycles. The fourth-order valence-corrected chi connectivity index (χ4v) is 3.58. The van der Waals surface area contributed by atoms with Crippen LogP contribution in [0.5, 0.6) is 0 Å². The summed E-state index contributed by atoms with van der Waals surface area (Å²) in [5, 5.41) is 5.53. The van der Waals surface area contributed by atoms with Crippen molar-refractivity contribution >= 4 is 47.1 Å². The molecule has 126 valence electrons. The van der Waals surface area contributed by atoms with Crippen LogP contribution in [0, 0.1) is 0 Å². The lowest BCUT2D eigenvalue weighted by Gasteiger charge is -2.17. The molecule has 23 heavy (non-hydrogen) atoms. The molecule has 0 saturated carbocycles. The zero-order chi connectivity index (χ0) is 16.2. The summed E-state index contributed by atoms with van der Waals surface area (Å²) in [5.41, 5.74) is 6.71. The van der Waals surface area contributed by atoms with Crippen molar-refractivity contribution in [3.63, 3.8) is 0 Å². The molecule has 0 aliphatic heterocycles. The monoisotopic (exact) mass is 371 g/mol. The van der Waals surface area contributed by atoms with Gasteiger partial charge in [-0.1, -0.05) is 20.8 Å². The Morgan fingerprint density at radius 2 is 1.96 bits per heavy atom. The van der Waals surface area contributed by atoms with Gasteiger partial charge in [0.25, 0.3) is 5.91 Å². The van der Waals surface area contributed by atoms with E-state index in [1.54, 1.807) is 17.1 Å². The van der Waals surface area contributed by atoms with Crippen molar-refractivity contribution in [3.05, 3.63) is 40.3 Å². The molecule has 0 aliphatic rings. The standard InChI is InChI=1S/C16H21N3OS2.ClH/c1-16(2,3)22-12-6-4-11(5-7-12)18-15(20)13-10-21-14(19-13)8-9-17;/h4-7,10H,8-9,17H2,1-3H3,(H,18,20);1H. The van der Waals surface area contributed by atoms with Gasteiger partial charge in [-0.05, 0) is 30.8 Å². The maximum absolute atomic E-state index is 12.1. The zero-order valence-electron chi connectivity index (χ0n) is 13.5. The second kappa shape index (κ2) is 8.68. The smallest absolute Gasteiger partial charge is 0.275 e.